The lowest BCUT2D eigenvalue weighted by atomic mass is 9.98. The monoisotopic (exact) mass is 195 g/mol. The summed E-state index contributed by atoms with van der Waals surface area (Å²) in [6, 6.07) is 0.626. The van der Waals surface area contributed by atoms with Crippen LogP contribution in [-0.4, -0.2) is 25.0 Å². The maximum Gasteiger partial charge on any atom is 0.00980 e. The Kier molecular flexibility index (Phi) is 6.56. The molecule has 0 aliphatic rings. The van der Waals surface area contributed by atoms with Crippen LogP contribution >= 0.6 is 0 Å². The first-order valence-electron chi connectivity index (χ1n) is 5.47. The fraction of sp³-hybridized carbons (Fsp3) is 0.692. The molecule has 0 fully saturated rings. The van der Waals surface area contributed by atoms with Crippen molar-refractivity contribution in [3.05, 3.63) is 23.8 Å². The first kappa shape index (κ1) is 13.4. The highest BCUT2D eigenvalue weighted by Crippen LogP contribution is 2.18. The van der Waals surface area contributed by atoms with E-state index in [9.17, 15) is 0 Å². The maximum absolute atomic E-state index is 3.80. The predicted molar refractivity (Wildman–Crippen MR) is 65.6 cm³/mol. The van der Waals surface area contributed by atoms with Crippen LogP contribution in [0.5, 0.6) is 0 Å². The van der Waals surface area contributed by atoms with Crippen molar-refractivity contribution in [1.29, 1.82) is 0 Å². The van der Waals surface area contributed by atoms with Crippen LogP contribution in [0.2, 0.25) is 0 Å². The van der Waals surface area contributed by atoms with Gasteiger partial charge in [-0.3, -0.25) is 0 Å². The molecule has 14 heavy (non-hydrogen) atoms. The van der Waals surface area contributed by atoms with Gasteiger partial charge in [-0.2, -0.15) is 0 Å². The highest BCUT2D eigenvalue weighted by atomic mass is 15.1. The van der Waals surface area contributed by atoms with Crippen molar-refractivity contribution in [2.24, 2.45) is 0 Å². The molecule has 0 bridgehead atoms. The zero-order valence-electron chi connectivity index (χ0n) is 10.4. The molecule has 0 saturated heterocycles. The quantitative estimate of drug-likeness (QED) is 0.585. The van der Waals surface area contributed by atoms with Crippen LogP contribution in [0.3, 0.4) is 0 Å². The largest absolute Gasteiger partial charge is 0.306 e. The zero-order valence-corrected chi connectivity index (χ0v) is 10.4. The highest BCUT2D eigenvalue weighted by molar-refractivity contribution is 5.15. The second-order valence-electron chi connectivity index (χ2n) is 4.25. The van der Waals surface area contributed by atoms with Crippen LogP contribution in [0.1, 0.15) is 40.0 Å². The Bertz CT molecular complexity index is 201. The van der Waals surface area contributed by atoms with Crippen molar-refractivity contribution in [3.63, 3.8) is 0 Å². The van der Waals surface area contributed by atoms with Gasteiger partial charge in [-0.1, -0.05) is 24.1 Å². The summed E-state index contributed by atoms with van der Waals surface area (Å²) in [6.45, 7) is 10.5. The summed E-state index contributed by atoms with van der Waals surface area (Å²) in [5, 5.41) is 0. The molecule has 0 aromatic rings. The second kappa shape index (κ2) is 6.83. The van der Waals surface area contributed by atoms with E-state index in [-0.39, 0.29) is 0 Å². The topological polar surface area (TPSA) is 3.24 Å². The molecule has 0 aromatic carbocycles. The summed E-state index contributed by atoms with van der Waals surface area (Å²) in [5.41, 5.74) is 3.09. The second-order valence-corrected chi connectivity index (χ2v) is 4.25. The Hall–Kier alpha value is -0.560. The molecule has 0 aliphatic heterocycles. The molecule has 0 aliphatic carbocycles. The van der Waals surface area contributed by atoms with Crippen molar-refractivity contribution in [2.75, 3.05) is 14.1 Å². The van der Waals surface area contributed by atoms with Crippen molar-refractivity contribution >= 4 is 0 Å². The molecule has 82 valence electrons. The molecular formula is C13H25N. The minimum Gasteiger partial charge on any atom is -0.306 e. The first-order chi connectivity index (χ1) is 6.52. The third kappa shape index (κ3) is 4.61. The SMILES string of the molecule is C=CC/C(CC)=C(/C)CC(C)N(C)C. The van der Waals surface area contributed by atoms with E-state index >= 15 is 0 Å². The van der Waals surface area contributed by atoms with Gasteiger partial charge in [0.05, 0.1) is 0 Å². The average Bonchev–Trinajstić information content (AvgIpc) is 2.13. The number of hydrogen-bond donors (Lipinski definition) is 0. The van der Waals surface area contributed by atoms with Crippen LogP contribution in [0, 0.1) is 0 Å². The number of hydrogen-bond acceptors (Lipinski definition) is 1. The molecule has 0 heterocycles. The molecular weight excluding hydrogens is 170 g/mol. The van der Waals surface area contributed by atoms with E-state index in [4.69, 9.17) is 0 Å². The molecule has 0 N–H and O–H groups in total. The van der Waals surface area contributed by atoms with E-state index in [1.165, 1.54) is 12.0 Å². The van der Waals surface area contributed by atoms with Gasteiger partial charge in [0.25, 0.3) is 0 Å². The minimum atomic E-state index is 0.626. The van der Waals surface area contributed by atoms with Gasteiger partial charge in [-0.05, 0) is 47.2 Å². The van der Waals surface area contributed by atoms with Crippen molar-refractivity contribution in [1.82, 2.24) is 4.90 Å². The summed E-state index contributed by atoms with van der Waals surface area (Å²) in [5.74, 6) is 0. The number of allylic oxidation sites excluding steroid dienone is 2. The smallest absolute Gasteiger partial charge is 0.00980 e. The maximum atomic E-state index is 3.80. The lowest BCUT2D eigenvalue weighted by Gasteiger charge is -2.21. The van der Waals surface area contributed by atoms with Crippen LogP contribution in [0.4, 0.5) is 0 Å². The van der Waals surface area contributed by atoms with Crippen LogP contribution in [0.25, 0.3) is 0 Å². The van der Waals surface area contributed by atoms with Crippen LogP contribution < -0.4 is 0 Å². The van der Waals surface area contributed by atoms with E-state index in [0.717, 1.165) is 12.8 Å². The molecule has 0 rings (SSSR count). The number of rotatable bonds is 6. The Labute approximate surface area is 89.5 Å². The number of nitrogens with zero attached hydrogens (tertiary/aromatic N) is 1. The van der Waals surface area contributed by atoms with E-state index in [2.05, 4.69) is 46.3 Å². The van der Waals surface area contributed by atoms with Crippen molar-refractivity contribution in [3.8, 4) is 0 Å². The van der Waals surface area contributed by atoms with Gasteiger partial charge >= 0.3 is 0 Å². The fourth-order valence-electron chi connectivity index (χ4n) is 1.56. The normalized spacial score (nSPS) is 15.3. The van der Waals surface area contributed by atoms with E-state index < -0.39 is 0 Å². The highest BCUT2D eigenvalue weighted by Gasteiger charge is 2.07. The molecule has 1 heteroatoms. The lowest BCUT2D eigenvalue weighted by molar-refractivity contribution is 0.311. The van der Waals surface area contributed by atoms with Crippen molar-refractivity contribution in [2.45, 2.75) is 46.1 Å². The molecule has 1 nitrogen and oxygen atoms in total. The van der Waals surface area contributed by atoms with Gasteiger partial charge in [0.15, 0.2) is 0 Å². The Morgan fingerprint density at radius 1 is 1.43 bits per heavy atom. The third-order valence-corrected chi connectivity index (χ3v) is 2.90. The van der Waals surface area contributed by atoms with Gasteiger partial charge in [0.2, 0.25) is 0 Å². The first-order valence-corrected chi connectivity index (χ1v) is 5.47. The molecule has 0 amide bonds. The average molecular weight is 195 g/mol. The summed E-state index contributed by atoms with van der Waals surface area (Å²) in [6.07, 6.45) is 5.37. The predicted octanol–water partition coefficient (Wildman–Crippen LogP) is 3.63. The zero-order chi connectivity index (χ0) is 11.1. The summed E-state index contributed by atoms with van der Waals surface area (Å²) < 4.78 is 0. The molecule has 0 radical (unpaired) electrons. The summed E-state index contributed by atoms with van der Waals surface area (Å²) in [4.78, 5) is 2.27. The molecule has 1 atom stereocenters. The molecule has 0 spiro atoms. The molecule has 0 aromatic heterocycles. The van der Waals surface area contributed by atoms with E-state index in [0.29, 0.717) is 6.04 Å². The Morgan fingerprint density at radius 3 is 2.36 bits per heavy atom. The fourth-order valence-corrected chi connectivity index (χ4v) is 1.56. The van der Waals surface area contributed by atoms with Gasteiger partial charge in [0, 0.05) is 6.04 Å². The summed E-state index contributed by atoms with van der Waals surface area (Å²) in [7, 11) is 4.27. The van der Waals surface area contributed by atoms with E-state index in [1.54, 1.807) is 5.57 Å². The van der Waals surface area contributed by atoms with E-state index in [1.807, 2.05) is 6.08 Å². The summed E-state index contributed by atoms with van der Waals surface area (Å²) >= 11 is 0. The third-order valence-electron chi connectivity index (χ3n) is 2.90. The van der Waals surface area contributed by atoms with Crippen LogP contribution in [-0.2, 0) is 0 Å². The van der Waals surface area contributed by atoms with Gasteiger partial charge in [-0.15, -0.1) is 6.58 Å². The van der Waals surface area contributed by atoms with Gasteiger partial charge < -0.3 is 4.90 Å². The Balaban J connectivity index is 4.38. The lowest BCUT2D eigenvalue weighted by Crippen LogP contribution is -2.24. The molecule has 1 unspecified atom stereocenters. The van der Waals surface area contributed by atoms with Crippen LogP contribution in [0.15, 0.2) is 23.8 Å². The Morgan fingerprint density at radius 2 is 2.00 bits per heavy atom. The molecule has 0 saturated carbocycles. The minimum absolute atomic E-state index is 0.626. The van der Waals surface area contributed by atoms with Crippen molar-refractivity contribution < 1.29 is 0 Å². The van der Waals surface area contributed by atoms with Gasteiger partial charge in [0.1, 0.15) is 0 Å². The van der Waals surface area contributed by atoms with Gasteiger partial charge in [-0.25, -0.2) is 0 Å². The standard InChI is InChI=1S/C13H25N/c1-7-9-13(8-2)11(3)10-12(4)14(5)6/h7,12H,1,8-10H2,2-6H3/b13-11-.